The zero-order valence-corrected chi connectivity index (χ0v) is 14.5. The van der Waals surface area contributed by atoms with Crippen LogP contribution in [0.15, 0.2) is 21.6 Å². The van der Waals surface area contributed by atoms with Gasteiger partial charge >= 0.3 is 12.1 Å². The molecule has 24 heavy (non-hydrogen) atoms. The Hall–Kier alpha value is -2.07. The predicted molar refractivity (Wildman–Crippen MR) is 82.2 cm³/mol. The third kappa shape index (κ3) is 4.06. The minimum Gasteiger partial charge on any atom is -0.475 e. The summed E-state index contributed by atoms with van der Waals surface area (Å²) in [6.07, 6.45) is -0.495. The average molecular weight is 360 g/mol. The Morgan fingerprint density at radius 1 is 1.17 bits per heavy atom. The van der Waals surface area contributed by atoms with E-state index in [1.165, 1.54) is 4.90 Å². The fraction of sp³-hybridized carbons (Fsp3) is 0.571. The number of carbonyl (C=O) groups is 2. The summed E-state index contributed by atoms with van der Waals surface area (Å²) in [7, 11) is -3.93. The lowest BCUT2D eigenvalue weighted by atomic mass is 10.2. The number of sulfonamides is 1. The molecule has 1 fully saturated rings. The number of nitrogens with zero attached hydrogens (tertiary/aromatic N) is 2. The van der Waals surface area contributed by atoms with Gasteiger partial charge in [-0.25, -0.2) is 18.0 Å². The van der Waals surface area contributed by atoms with E-state index in [1.807, 2.05) is 0 Å². The van der Waals surface area contributed by atoms with Crippen molar-refractivity contribution < 1.29 is 32.3 Å². The van der Waals surface area contributed by atoms with Crippen molar-refractivity contribution in [2.45, 2.75) is 31.5 Å². The van der Waals surface area contributed by atoms with Crippen molar-refractivity contribution in [3.05, 3.63) is 17.9 Å². The number of aromatic carboxylic acids is 1. The molecule has 9 nitrogen and oxygen atoms in total. The third-order valence-corrected chi connectivity index (χ3v) is 5.05. The average Bonchev–Trinajstić information content (AvgIpc) is 2.96. The van der Waals surface area contributed by atoms with Crippen LogP contribution in [0, 0.1) is 0 Å². The number of amides is 1. The van der Waals surface area contributed by atoms with Crippen molar-refractivity contribution in [1.29, 1.82) is 0 Å². The van der Waals surface area contributed by atoms with E-state index in [0.29, 0.717) is 0 Å². The van der Waals surface area contributed by atoms with E-state index in [-0.39, 0.29) is 26.2 Å². The lowest BCUT2D eigenvalue weighted by Gasteiger charge is -2.34. The standard InChI is InChI=1S/C14H20N2O7S/c1-14(2,3)23-13(19)15-6-8-16(9-7-15)24(20,21)11-5-4-10(22-11)12(17)18/h4-5H,6-9H2,1-3H3,(H,17,18). The molecule has 0 spiro atoms. The molecule has 2 heterocycles. The molecule has 1 aromatic heterocycles. The summed E-state index contributed by atoms with van der Waals surface area (Å²) in [5.74, 6) is -1.79. The lowest BCUT2D eigenvalue weighted by molar-refractivity contribution is 0.0191. The maximum Gasteiger partial charge on any atom is 0.410 e. The number of furan rings is 1. The minimum absolute atomic E-state index is 0.0741. The van der Waals surface area contributed by atoms with Crippen molar-refractivity contribution in [3.8, 4) is 0 Å². The molecule has 0 atom stereocenters. The molecular formula is C14H20N2O7S. The number of carboxylic acids is 1. The number of rotatable bonds is 3. The van der Waals surface area contributed by atoms with Crippen LogP contribution in [0.1, 0.15) is 31.3 Å². The number of carboxylic acid groups (broad SMARTS) is 1. The maximum atomic E-state index is 12.4. The topological polar surface area (TPSA) is 117 Å². The highest BCUT2D eigenvalue weighted by Crippen LogP contribution is 2.21. The summed E-state index contributed by atoms with van der Waals surface area (Å²) in [6.45, 7) is 5.77. The fourth-order valence-electron chi connectivity index (χ4n) is 2.14. The third-order valence-electron chi connectivity index (χ3n) is 3.28. The summed E-state index contributed by atoms with van der Waals surface area (Å²) in [5, 5.41) is 8.38. The molecule has 0 aliphatic carbocycles. The first-order chi connectivity index (χ1) is 11.0. The first-order valence-corrected chi connectivity index (χ1v) is 8.76. The van der Waals surface area contributed by atoms with E-state index in [1.54, 1.807) is 20.8 Å². The van der Waals surface area contributed by atoms with Crippen LogP contribution in [-0.2, 0) is 14.8 Å². The zero-order chi connectivity index (χ0) is 18.1. The monoisotopic (exact) mass is 360 g/mol. The Bertz CT molecular complexity index is 725. The highest BCUT2D eigenvalue weighted by molar-refractivity contribution is 7.89. The van der Waals surface area contributed by atoms with Crippen LogP contribution in [0.3, 0.4) is 0 Å². The van der Waals surface area contributed by atoms with Gasteiger partial charge in [-0.15, -0.1) is 0 Å². The van der Waals surface area contributed by atoms with Gasteiger partial charge in [0.2, 0.25) is 10.9 Å². The number of hydrogen-bond donors (Lipinski definition) is 1. The van der Waals surface area contributed by atoms with E-state index in [4.69, 9.17) is 14.3 Å². The van der Waals surface area contributed by atoms with E-state index in [2.05, 4.69) is 0 Å². The number of piperazine rings is 1. The molecule has 1 aliphatic rings. The van der Waals surface area contributed by atoms with Gasteiger partial charge < -0.3 is 19.2 Å². The quantitative estimate of drug-likeness (QED) is 0.861. The number of ether oxygens (including phenoxy) is 1. The summed E-state index contributed by atoms with van der Waals surface area (Å²) in [4.78, 5) is 24.2. The van der Waals surface area contributed by atoms with E-state index in [9.17, 15) is 18.0 Å². The van der Waals surface area contributed by atoms with Gasteiger partial charge in [0.1, 0.15) is 5.60 Å². The predicted octanol–water partition coefficient (Wildman–Crippen LogP) is 1.22. The summed E-state index contributed by atoms with van der Waals surface area (Å²) in [5.41, 5.74) is -0.623. The molecule has 10 heteroatoms. The molecule has 0 bridgehead atoms. The van der Waals surface area contributed by atoms with Gasteiger partial charge in [0.25, 0.3) is 10.0 Å². The second-order valence-corrected chi connectivity index (χ2v) is 8.16. The Morgan fingerprint density at radius 2 is 1.75 bits per heavy atom. The Morgan fingerprint density at radius 3 is 2.21 bits per heavy atom. The Kier molecular flexibility index (Phi) is 4.90. The van der Waals surface area contributed by atoms with Crippen molar-refractivity contribution in [2.75, 3.05) is 26.2 Å². The SMILES string of the molecule is CC(C)(C)OC(=O)N1CCN(S(=O)(=O)c2ccc(C(=O)O)o2)CC1. The molecular weight excluding hydrogens is 340 g/mol. The smallest absolute Gasteiger partial charge is 0.410 e. The second-order valence-electron chi connectivity index (χ2n) is 6.30. The van der Waals surface area contributed by atoms with Crippen LogP contribution in [-0.4, -0.2) is 66.6 Å². The van der Waals surface area contributed by atoms with Crippen LogP contribution in [0.25, 0.3) is 0 Å². The molecule has 1 aromatic rings. The fourth-order valence-corrected chi connectivity index (χ4v) is 3.47. The van der Waals surface area contributed by atoms with Crippen LogP contribution in [0.2, 0.25) is 0 Å². The molecule has 1 amide bonds. The van der Waals surface area contributed by atoms with Crippen molar-refractivity contribution >= 4 is 22.1 Å². The normalized spacial score (nSPS) is 16.9. The molecule has 0 aromatic carbocycles. The van der Waals surface area contributed by atoms with Crippen molar-refractivity contribution in [1.82, 2.24) is 9.21 Å². The summed E-state index contributed by atoms with van der Waals surface area (Å²) < 4.78 is 36.1. The van der Waals surface area contributed by atoms with Gasteiger partial charge in [-0.1, -0.05) is 0 Å². The van der Waals surface area contributed by atoms with Crippen LogP contribution < -0.4 is 0 Å². The van der Waals surface area contributed by atoms with Crippen LogP contribution in [0.5, 0.6) is 0 Å². The largest absolute Gasteiger partial charge is 0.475 e. The zero-order valence-electron chi connectivity index (χ0n) is 13.7. The van der Waals surface area contributed by atoms with E-state index >= 15 is 0 Å². The molecule has 1 aliphatic heterocycles. The van der Waals surface area contributed by atoms with Gasteiger partial charge in [-0.05, 0) is 32.9 Å². The van der Waals surface area contributed by atoms with Gasteiger partial charge in [0.15, 0.2) is 0 Å². The number of carbonyl (C=O) groups excluding carboxylic acids is 1. The van der Waals surface area contributed by atoms with Crippen molar-refractivity contribution in [2.24, 2.45) is 0 Å². The molecule has 2 rings (SSSR count). The minimum atomic E-state index is -3.93. The Balaban J connectivity index is 2.02. The summed E-state index contributed by atoms with van der Waals surface area (Å²) >= 11 is 0. The molecule has 1 saturated heterocycles. The highest BCUT2D eigenvalue weighted by Gasteiger charge is 2.34. The first-order valence-electron chi connectivity index (χ1n) is 7.32. The van der Waals surface area contributed by atoms with Gasteiger partial charge in [-0.2, -0.15) is 4.31 Å². The van der Waals surface area contributed by atoms with Gasteiger partial charge in [0.05, 0.1) is 0 Å². The first kappa shape index (κ1) is 18.3. The molecule has 0 radical (unpaired) electrons. The van der Waals surface area contributed by atoms with Crippen molar-refractivity contribution in [3.63, 3.8) is 0 Å². The maximum absolute atomic E-state index is 12.4. The molecule has 134 valence electrons. The highest BCUT2D eigenvalue weighted by atomic mass is 32.2. The van der Waals surface area contributed by atoms with E-state index in [0.717, 1.165) is 16.4 Å². The lowest BCUT2D eigenvalue weighted by Crippen LogP contribution is -2.51. The summed E-state index contributed by atoms with van der Waals surface area (Å²) in [6, 6.07) is 2.20. The molecule has 0 unspecified atom stereocenters. The van der Waals surface area contributed by atoms with Crippen LogP contribution >= 0.6 is 0 Å². The molecule has 0 saturated carbocycles. The van der Waals surface area contributed by atoms with Gasteiger partial charge in [-0.3, -0.25) is 0 Å². The second kappa shape index (κ2) is 6.44. The van der Waals surface area contributed by atoms with Crippen LogP contribution in [0.4, 0.5) is 4.79 Å². The molecule has 1 N–H and O–H groups in total. The number of hydrogen-bond acceptors (Lipinski definition) is 6. The van der Waals surface area contributed by atoms with E-state index < -0.39 is 38.5 Å². The Labute approximate surface area is 139 Å². The van der Waals surface area contributed by atoms with Gasteiger partial charge in [0, 0.05) is 26.2 Å².